The first-order valence-corrected chi connectivity index (χ1v) is 4.86. The number of halogens is 1. The summed E-state index contributed by atoms with van der Waals surface area (Å²) < 4.78 is 5.49. The highest BCUT2D eigenvalue weighted by Gasteiger charge is 2.01. The third kappa shape index (κ3) is 2.67. The molecule has 2 aromatic heterocycles. The van der Waals surface area contributed by atoms with E-state index in [1.165, 1.54) is 0 Å². The Balaban J connectivity index is 2.03. The molecule has 0 spiro atoms. The van der Waals surface area contributed by atoms with Crippen molar-refractivity contribution in [2.45, 2.75) is 6.61 Å². The van der Waals surface area contributed by atoms with Crippen molar-refractivity contribution in [3.8, 4) is 5.75 Å². The molecule has 0 saturated carbocycles. The average molecular weight is 221 g/mol. The molecule has 4 heteroatoms. The summed E-state index contributed by atoms with van der Waals surface area (Å²) in [6, 6.07) is 7.37. The summed E-state index contributed by atoms with van der Waals surface area (Å²) in [6.07, 6.45) is 5.10. The lowest BCUT2D eigenvalue weighted by Crippen LogP contribution is -1.96. The summed E-state index contributed by atoms with van der Waals surface area (Å²) in [7, 11) is 0. The van der Waals surface area contributed by atoms with Crippen molar-refractivity contribution in [1.29, 1.82) is 0 Å². The molecule has 2 aromatic rings. The second-order valence-electron chi connectivity index (χ2n) is 2.94. The van der Waals surface area contributed by atoms with E-state index in [1.54, 1.807) is 30.7 Å². The second kappa shape index (κ2) is 4.75. The number of ether oxygens (including phenoxy) is 1. The zero-order valence-electron chi connectivity index (χ0n) is 7.93. The molecule has 76 valence electrons. The van der Waals surface area contributed by atoms with Crippen LogP contribution in [0, 0.1) is 0 Å². The topological polar surface area (TPSA) is 35.0 Å². The van der Waals surface area contributed by atoms with E-state index in [4.69, 9.17) is 16.3 Å². The summed E-state index contributed by atoms with van der Waals surface area (Å²) >= 11 is 5.84. The summed E-state index contributed by atoms with van der Waals surface area (Å²) in [4.78, 5) is 7.91. The van der Waals surface area contributed by atoms with E-state index in [0.717, 1.165) is 5.56 Å². The Bertz CT molecular complexity index is 434. The summed E-state index contributed by atoms with van der Waals surface area (Å²) in [5.41, 5.74) is 0.998. The predicted octanol–water partition coefficient (Wildman–Crippen LogP) is 2.71. The van der Waals surface area contributed by atoms with E-state index in [2.05, 4.69) is 9.97 Å². The van der Waals surface area contributed by atoms with Crippen LogP contribution in [0.3, 0.4) is 0 Å². The average Bonchev–Trinajstić information content (AvgIpc) is 2.29. The third-order valence-electron chi connectivity index (χ3n) is 1.84. The van der Waals surface area contributed by atoms with E-state index >= 15 is 0 Å². The number of aromatic nitrogens is 2. The monoisotopic (exact) mass is 220 g/mol. The van der Waals surface area contributed by atoms with E-state index in [1.807, 2.05) is 12.1 Å². The van der Waals surface area contributed by atoms with Crippen molar-refractivity contribution in [3.05, 3.63) is 53.6 Å². The maximum Gasteiger partial charge on any atom is 0.171 e. The minimum atomic E-state index is 0.376. The van der Waals surface area contributed by atoms with Gasteiger partial charge in [-0.3, -0.25) is 4.98 Å². The van der Waals surface area contributed by atoms with Crippen molar-refractivity contribution >= 4 is 11.6 Å². The molecule has 0 radical (unpaired) electrons. The van der Waals surface area contributed by atoms with Gasteiger partial charge in [-0.25, -0.2) is 4.98 Å². The third-order valence-corrected chi connectivity index (χ3v) is 2.13. The van der Waals surface area contributed by atoms with Gasteiger partial charge in [0.25, 0.3) is 0 Å². The normalized spacial score (nSPS) is 9.93. The molecular weight excluding hydrogens is 212 g/mol. The molecule has 0 aliphatic rings. The van der Waals surface area contributed by atoms with Crippen LogP contribution in [0.2, 0.25) is 5.15 Å². The van der Waals surface area contributed by atoms with Gasteiger partial charge in [-0.2, -0.15) is 0 Å². The van der Waals surface area contributed by atoms with Crippen molar-refractivity contribution < 1.29 is 4.74 Å². The highest BCUT2D eigenvalue weighted by atomic mass is 35.5. The Labute approximate surface area is 92.7 Å². The zero-order valence-corrected chi connectivity index (χ0v) is 8.69. The fraction of sp³-hybridized carbons (Fsp3) is 0.0909. The van der Waals surface area contributed by atoms with Crippen LogP contribution >= 0.6 is 11.6 Å². The molecule has 0 amide bonds. The van der Waals surface area contributed by atoms with E-state index in [-0.39, 0.29) is 0 Å². The molecule has 0 bridgehead atoms. The Morgan fingerprint density at radius 3 is 2.80 bits per heavy atom. The van der Waals surface area contributed by atoms with Gasteiger partial charge in [-0.1, -0.05) is 17.7 Å². The number of hydrogen-bond donors (Lipinski definition) is 0. The van der Waals surface area contributed by atoms with Crippen LogP contribution in [0.1, 0.15) is 5.56 Å². The van der Waals surface area contributed by atoms with Gasteiger partial charge in [0.15, 0.2) is 10.9 Å². The highest BCUT2D eigenvalue weighted by Crippen LogP contribution is 2.21. The van der Waals surface area contributed by atoms with E-state index in [0.29, 0.717) is 17.5 Å². The van der Waals surface area contributed by atoms with Crippen LogP contribution in [0.15, 0.2) is 42.9 Å². The van der Waals surface area contributed by atoms with Crippen molar-refractivity contribution in [3.63, 3.8) is 0 Å². The minimum absolute atomic E-state index is 0.376. The molecule has 2 heterocycles. The van der Waals surface area contributed by atoms with Gasteiger partial charge in [0.2, 0.25) is 0 Å². The molecular formula is C11H9ClN2O. The predicted molar refractivity (Wildman–Crippen MR) is 57.8 cm³/mol. The zero-order chi connectivity index (χ0) is 10.5. The molecule has 0 fully saturated rings. The molecule has 3 nitrogen and oxygen atoms in total. The molecule has 2 rings (SSSR count). The lowest BCUT2D eigenvalue weighted by atomic mass is 10.3. The fourth-order valence-electron chi connectivity index (χ4n) is 1.12. The van der Waals surface area contributed by atoms with Crippen molar-refractivity contribution in [2.24, 2.45) is 0 Å². The molecule has 15 heavy (non-hydrogen) atoms. The fourth-order valence-corrected chi connectivity index (χ4v) is 1.30. The summed E-state index contributed by atoms with van der Waals surface area (Å²) in [5.74, 6) is 0.586. The molecule has 0 aliphatic carbocycles. The van der Waals surface area contributed by atoms with E-state index in [9.17, 15) is 0 Å². The van der Waals surface area contributed by atoms with Crippen molar-refractivity contribution in [2.75, 3.05) is 0 Å². The Morgan fingerprint density at radius 1 is 1.20 bits per heavy atom. The summed E-state index contributed by atoms with van der Waals surface area (Å²) in [5, 5.41) is 0.376. The molecule has 0 atom stereocenters. The standard InChI is InChI=1S/C11H9ClN2O/c12-11-10(4-2-6-14-11)15-8-9-3-1-5-13-7-9/h1-7H,8H2. The smallest absolute Gasteiger partial charge is 0.171 e. The number of pyridine rings is 2. The van der Waals surface area contributed by atoms with Gasteiger partial charge < -0.3 is 4.74 Å². The van der Waals surface area contributed by atoms with Crippen LogP contribution in [0.4, 0.5) is 0 Å². The van der Waals surface area contributed by atoms with Crippen LogP contribution in [0.25, 0.3) is 0 Å². The Kier molecular flexibility index (Phi) is 3.15. The molecule has 0 unspecified atom stereocenters. The first-order chi connectivity index (χ1) is 7.36. The second-order valence-corrected chi connectivity index (χ2v) is 3.30. The van der Waals surface area contributed by atoms with E-state index < -0.39 is 0 Å². The summed E-state index contributed by atoms with van der Waals surface area (Å²) in [6.45, 7) is 0.444. The largest absolute Gasteiger partial charge is 0.486 e. The number of rotatable bonds is 3. The van der Waals surface area contributed by atoms with Gasteiger partial charge >= 0.3 is 0 Å². The van der Waals surface area contributed by atoms with Gasteiger partial charge in [-0.15, -0.1) is 0 Å². The van der Waals surface area contributed by atoms with Gasteiger partial charge in [0.1, 0.15) is 6.61 Å². The molecule has 0 aliphatic heterocycles. The Hall–Kier alpha value is -1.61. The highest BCUT2D eigenvalue weighted by molar-refractivity contribution is 6.30. The van der Waals surface area contributed by atoms with Crippen LogP contribution in [-0.4, -0.2) is 9.97 Å². The van der Waals surface area contributed by atoms with Crippen LogP contribution in [0.5, 0.6) is 5.75 Å². The molecule has 0 aromatic carbocycles. The van der Waals surface area contributed by atoms with Crippen LogP contribution < -0.4 is 4.74 Å². The maximum atomic E-state index is 5.84. The number of nitrogens with zero attached hydrogens (tertiary/aromatic N) is 2. The number of hydrogen-bond acceptors (Lipinski definition) is 3. The molecule has 0 N–H and O–H groups in total. The quantitative estimate of drug-likeness (QED) is 0.746. The van der Waals surface area contributed by atoms with Gasteiger partial charge in [0.05, 0.1) is 0 Å². The molecule has 0 saturated heterocycles. The van der Waals surface area contributed by atoms with Crippen LogP contribution in [-0.2, 0) is 6.61 Å². The van der Waals surface area contributed by atoms with Gasteiger partial charge in [0, 0.05) is 24.2 Å². The lowest BCUT2D eigenvalue weighted by molar-refractivity contribution is 0.305. The Morgan fingerprint density at radius 2 is 2.07 bits per heavy atom. The first-order valence-electron chi connectivity index (χ1n) is 4.48. The van der Waals surface area contributed by atoms with Crippen molar-refractivity contribution in [1.82, 2.24) is 9.97 Å². The lowest BCUT2D eigenvalue weighted by Gasteiger charge is -2.06. The minimum Gasteiger partial charge on any atom is -0.486 e. The first kappa shape index (κ1) is 9.93. The van der Waals surface area contributed by atoms with Gasteiger partial charge in [-0.05, 0) is 18.2 Å². The maximum absolute atomic E-state index is 5.84. The SMILES string of the molecule is Clc1ncccc1OCc1cccnc1.